The SMILES string of the molecule is CCCCOc1ccc(-c2nc3sc(=CC=Cc4ccccc4)c(=O)n3n2)cc1. The summed E-state index contributed by atoms with van der Waals surface area (Å²) < 4.78 is 7.66. The van der Waals surface area contributed by atoms with Gasteiger partial charge in [0.1, 0.15) is 5.75 Å². The third-order valence-electron chi connectivity index (χ3n) is 4.40. The molecule has 0 fully saturated rings. The fraction of sp³-hybridized carbons (Fsp3) is 0.174. The Kier molecular flexibility index (Phi) is 5.81. The summed E-state index contributed by atoms with van der Waals surface area (Å²) in [6, 6.07) is 17.6. The maximum atomic E-state index is 12.6. The summed E-state index contributed by atoms with van der Waals surface area (Å²) in [6.07, 6.45) is 7.78. The Hall–Kier alpha value is -3.25. The second-order valence-corrected chi connectivity index (χ2v) is 7.57. The summed E-state index contributed by atoms with van der Waals surface area (Å²) in [7, 11) is 0. The zero-order chi connectivity index (χ0) is 20.1. The lowest BCUT2D eigenvalue weighted by molar-refractivity contribution is 0.309. The van der Waals surface area contributed by atoms with E-state index in [1.54, 1.807) is 6.08 Å². The number of rotatable bonds is 7. The molecule has 5 nitrogen and oxygen atoms in total. The van der Waals surface area contributed by atoms with Crippen molar-refractivity contribution >= 4 is 28.4 Å². The number of aromatic nitrogens is 3. The zero-order valence-electron chi connectivity index (χ0n) is 16.1. The molecule has 146 valence electrons. The molecule has 0 atom stereocenters. The highest BCUT2D eigenvalue weighted by Crippen LogP contribution is 2.20. The van der Waals surface area contributed by atoms with Gasteiger partial charge in [-0.15, -0.1) is 5.10 Å². The number of ether oxygens (including phenoxy) is 1. The molecule has 0 bridgehead atoms. The third-order valence-corrected chi connectivity index (χ3v) is 5.37. The number of nitrogens with zero attached hydrogens (tertiary/aromatic N) is 3. The molecule has 0 N–H and O–H groups in total. The van der Waals surface area contributed by atoms with Gasteiger partial charge in [-0.05, 0) is 42.3 Å². The normalized spacial score (nSPS) is 12.2. The van der Waals surface area contributed by atoms with E-state index >= 15 is 0 Å². The van der Waals surface area contributed by atoms with Crippen molar-refractivity contribution in [2.75, 3.05) is 6.61 Å². The Balaban J connectivity index is 1.54. The second-order valence-electron chi connectivity index (χ2n) is 6.56. The minimum atomic E-state index is -0.152. The average molecular weight is 404 g/mol. The Morgan fingerprint density at radius 1 is 1.10 bits per heavy atom. The average Bonchev–Trinajstić information content (AvgIpc) is 3.29. The first kappa shape index (κ1) is 19.1. The van der Waals surface area contributed by atoms with Crippen LogP contribution in [-0.4, -0.2) is 21.2 Å². The number of allylic oxidation sites excluding steroid dienone is 1. The minimum absolute atomic E-state index is 0.152. The molecular weight excluding hydrogens is 382 g/mol. The van der Waals surface area contributed by atoms with Gasteiger partial charge in [-0.3, -0.25) is 4.79 Å². The summed E-state index contributed by atoms with van der Waals surface area (Å²) in [5, 5.41) is 4.39. The van der Waals surface area contributed by atoms with Crippen LogP contribution in [0.15, 0.2) is 65.5 Å². The van der Waals surface area contributed by atoms with E-state index in [9.17, 15) is 4.79 Å². The number of thiazole rings is 1. The van der Waals surface area contributed by atoms with Crippen molar-refractivity contribution in [3.05, 3.63) is 81.1 Å². The van der Waals surface area contributed by atoms with Crippen LogP contribution in [0, 0.1) is 0 Å². The Labute approximate surface area is 172 Å². The van der Waals surface area contributed by atoms with E-state index in [4.69, 9.17) is 4.74 Å². The highest BCUT2D eigenvalue weighted by atomic mass is 32.1. The van der Waals surface area contributed by atoms with Crippen LogP contribution in [0.2, 0.25) is 0 Å². The molecular formula is C23H21N3O2S. The second kappa shape index (κ2) is 8.84. The highest BCUT2D eigenvalue weighted by molar-refractivity contribution is 7.15. The van der Waals surface area contributed by atoms with E-state index in [0.717, 1.165) is 29.7 Å². The molecule has 6 heteroatoms. The lowest BCUT2D eigenvalue weighted by Crippen LogP contribution is -2.23. The van der Waals surface area contributed by atoms with Gasteiger partial charge >= 0.3 is 0 Å². The summed E-state index contributed by atoms with van der Waals surface area (Å²) in [4.78, 5) is 17.7. The molecule has 0 saturated heterocycles. The van der Waals surface area contributed by atoms with Crippen molar-refractivity contribution in [2.45, 2.75) is 19.8 Å². The van der Waals surface area contributed by atoms with Crippen molar-refractivity contribution < 1.29 is 4.74 Å². The number of benzene rings is 2. The smallest absolute Gasteiger partial charge is 0.291 e. The molecule has 0 aliphatic heterocycles. The third kappa shape index (κ3) is 4.43. The van der Waals surface area contributed by atoms with Gasteiger partial charge in [0, 0.05) is 5.56 Å². The van der Waals surface area contributed by atoms with E-state index in [2.05, 4.69) is 17.0 Å². The standard InChI is InChI=1S/C23H21N3O2S/c1-2-3-16-28-19-14-12-18(13-15-19)21-24-23-26(25-21)22(27)20(29-23)11-7-10-17-8-5-4-6-9-17/h4-15H,2-3,16H2,1H3. The predicted octanol–water partition coefficient (Wildman–Crippen LogP) is 4.21. The number of fused-ring (bicyclic) bond motifs is 1. The summed E-state index contributed by atoms with van der Waals surface area (Å²) in [5.74, 6) is 1.37. The molecule has 29 heavy (non-hydrogen) atoms. The predicted molar refractivity (Wildman–Crippen MR) is 118 cm³/mol. The molecule has 2 heterocycles. The number of hydrogen-bond donors (Lipinski definition) is 0. The number of hydrogen-bond acceptors (Lipinski definition) is 5. The summed E-state index contributed by atoms with van der Waals surface area (Å²) in [6.45, 7) is 2.85. The van der Waals surface area contributed by atoms with Crippen LogP contribution in [0.5, 0.6) is 5.75 Å². The monoisotopic (exact) mass is 403 g/mol. The van der Waals surface area contributed by atoms with Gasteiger partial charge < -0.3 is 4.74 Å². The fourth-order valence-electron chi connectivity index (χ4n) is 2.82. The molecule has 4 rings (SSSR count). The minimum Gasteiger partial charge on any atom is -0.494 e. The van der Waals surface area contributed by atoms with E-state index < -0.39 is 0 Å². The first-order chi connectivity index (χ1) is 14.2. The molecule has 2 aromatic carbocycles. The van der Waals surface area contributed by atoms with Gasteiger partial charge in [0.2, 0.25) is 4.96 Å². The van der Waals surface area contributed by atoms with Crippen molar-refractivity contribution in [3.8, 4) is 17.1 Å². The molecule has 0 radical (unpaired) electrons. The van der Waals surface area contributed by atoms with Crippen molar-refractivity contribution in [3.63, 3.8) is 0 Å². The van der Waals surface area contributed by atoms with Crippen LogP contribution >= 0.6 is 11.3 Å². The molecule has 0 saturated carbocycles. The van der Waals surface area contributed by atoms with Crippen LogP contribution in [0.25, 0.3) is 28.5 Å². The molecule has 0 unspecified atom stereocenters. The Bertz CT molecular complexity index is 1230. The van der Waals surface area contributed by atoms with Crippen molar-refractivity contribution in [1.82, 2.24) is 14.6 Å². The van der Waals surface area contributed by atoms with Crippen LogP contribution in [0.1, 0.15) is 25.3 Å². The largest absolute Gasteiger partial charge is 0.494 e. The zero-order valence-corrected chi connectivity index (χ0v) is 16.9. The maximum Gasteiger partial charge on any atom is 0.291 e. The first-order valence-corrected chi connectivity index (χ1v) is 10.4. The van der Waals surface area contributed by atoms with E-state index in [1.165, 1.54) is 15.9 Å². The van der Waals surface area contributed by atoms with Crippen molar-refractivity contribution in [2.24, 2.45) is 0 Å². The van der Waals surface area contributed by atoms with Crippen LogP contribution in [0.4, 0.5) is 0 Å². The molecule has 2 aromatic heterocycles. The molecule has 0 spiro atoms. The van der Waals surface area contributed by atoms with Crippen LogP contribution in [-0.2, 0) is 0 Å². The lowest BCUT2D eigenvalue weighted by Gasteiger charge is -2.05. The molecule has 0 amide bonds. The first-order valence-electron chi connectivity index (χ1n) is 9.61. The van der Waals surface area contributed by atoms with Gasteiger partial charge in [-0.25, -0.2) is 0 Å². The van der Waals surface area contributed by atoms with Gasteiger partial charge in [0.15, 0.2) is 5.82 Å². The maximum absolute atomic E-state index is 12.6. The molecule has 0 aliphatic rings. The van der Waals surface area contributed by atoms with Gasteiger partial charge in [-0.1, -0.05) is 67.2 Å². The molecule has 0 aliphatic carbocycles. The van der Waals surface area contributed by atoms with Gasteiger partial charge in [0.05, 0.1) is 11.1 Å². The fourth-order valence-corrected chi connectivity index (χ4v) is 3.67. The van der Waals surface area contributed by atoms with Crippen LogP contribution in [0.3, 0.4) is 0 Å². The topological polar surface area (TPSA) is 56.5 Å². The summed E-state index contributed by atoms with van der Waals surface area (Å²) in [5.41, 5.74) is 1.79. The lowest BCUT2D eigenvalue weighted by atomic mass is 10.2. The van der Waals surface area contributed by atoms with Gasteiger partial charge in [-0.2, -0.15) is 9.50 Å². The van der Waals surface area contributed by atoms with Gasteiger partial charge in [0.25, 0.3) is 5.56 Å². The highest BCUT2D eigenvalue weighted by Gasteiger charge is 2.11. The van der Waals surface area contributed by atoms with E-state index in [-0.39, 0.29) is 5.56 Å². The quantitative estimate of drug-likeness (QED) is 0.434. The summed E-state index contributed by atoms with van der Waals surface area (Å²) >= 11 is 1.34. The van der Waals surface area contributed by atoms with E-state index in [1.807, 2.05) is 66.7 Å². The Morgan fingerprint density at radius 2 is 1.90 bits per heavy atom. The molecule has 4 aromatic rings. The van der Waals surface area contributed by atoms with E-state index in [0.29, 0.717) is 21.9 Å². The van der Waals surface area contributed by atoms with Crippen molar-refractivity contribution in [1.29, 1.82) is 0 Å². The Morgan fingerprint density at radius 3 is 2.62 bits per heavy atom. The van der Waals surface area contributed by atoms with Crippen LogP contribution < -0.4 is 14.8 Å². The number of unbranched alkanes of at least 4 members (excludes halogenated alkanes) is 1.